The van der Waals surface area contributed by atoms with E-state index in [1.807, 2.05) is 12.1 Å². The van der Waals surface area contributed by atoms with Crippen LogP contribution in [0.25, 0.3) is 5.57 Å². The van der Waals surface area contributed by atoms with Gasteiger partial charge in [-0.25, -0.2) is 0 Å². The molecule has 3 rings (SSSR count). The van der Waals surface area contributed by atoms with E-state index in [1.54, 1.807) is 17.8 Å². The van der Waals surface area contributed by atoms with Crippen molar-refractivity contribution in [1.29, 1.82) is 0 Å². The molecule has 2 aromatic carbocycles. The van der Waals surface area contributed by atoms with Crippen molar-refractivity contribution in [2.45, 2.75) is 16.2 Å². The van der Waals surface area contributed by atoms with Gasteiger partial charge in [0.05, 0.1) is 5.02 Å². The quantitative estimate of drug-likeness (QED) is 0.792. The molecule has 21 heavy (non-hydrogen) atoms. The van der Waals surface area contributed by atoms with Gasteiger partial charge in [-0.1, -0.05) is 59.2 Å². The van der Waals surface area contributed by atoms with Gasteiger partial charge in [0.1, 0.15) is 0 Å². The first-order valence-corrected chi connectivity index (χ1v) is 8.43. The molecule has 0 aromatic heterocycles. The monoisotopic (exact) mass is 335 g/mol. The summed E-state index contributed by atoms with van der Waals surface area (Å²) < 4.78 is 0. The molecule has 0 amide bonds. The number of nitrogens with one attached hydrogen (secondary N) is 1. The third kappa shape index (κ3) is 3.64. The molecule has 0 aliphatic carbocycles. The standard InChI is InChI=1S/C17H15Cl2NS/c18-13-5-6-17(15(19)11-13)21-16-4-2-1-3-14(16)12-7-9-20-10-8-12/h1-7,11,20H,8-10H2. The molecule has 0 radical (unpaired) electrons. The average molecular weight is 336 g/mol. The van der Waals surface area contributed by atoms with Crippen LogP contribution in [0.5, 0.6) is 0 Å². The van der Waals surface area contributed by atoms with Crippen LogP contribution in [0.2, 0.25) is 10.0 Å². The van der Waals surface area contributed by atoms with Crippen LogP contribution in [0.15, 0.2) is 58.3 Å². The molecule has 1 nitrogen and oxygen atoms in total. The maximum atomic E-state index is 6.29. The first kappa shape index (κ1) is 15.0. The smallest absolute Gasteiger partial charge is 0.0560 e. The molecule has 0 atom stereocenters. The molecule has 108 valence electrons. The van der Waals surface area contributed by atoms with Crippen molar-refractivity contribution in [3.05, 3.63) is 64.1 Å². The Kier molecular flexibility index (Phi) is 4.91. The first-order chi connectivity index (χ1) is 10.2. The minimum absolute atomic E-state index is 0.665. The summed E-state index contributed by atoms with van der Waals surface area (Å²) in [6, 6.07) is 14.1. The van der Waals surface area contributed by atoms with Crippen molar-refractivity contribution in [3.8, 4) is 0 Å². The van der Waals surface area contributed by atoms with Gasteiger partial charge in [0.15, 0.2) is 0 Å². The Morgan fingerprint density at radius 3 is 2.62 bits per heavy atom. The van der Waals surface area contributed by atoms with E-state index in [2.05, 4.69) is 35.7 Å². The highest BCUT2D eigenvalue weighted by Crippen LogP contribution is 2.38. The fourth-order valence-corrected chi connectivity index (χ4v) is 3.87. The predicted octanol–water partition coefficient (Wildman–Crippen LogP) is 5.52. The highest BCUT2D eigenvalue weighted by Gasteiger charge is 2.12. The van der Waals surface area contributed by atoms with Crippen LogP contribution in [-0.2, 0) is 0 Å². The van der Waals surface area contributed by atoms with Gasteiger partial charge in [-0.05, 0) is 48.4 Å². The fourth-order valence-electron chi connectivity index (χ4n) is 2.36. The lowest BCUT2D eigenvalue weighted by molar-refractivity contribution is 0.737. The summed E-state index contributed by atoms with van der Waals surface area (Å²) in [5, 5.41) is 4.71. The molecule has 0 saturated carbocycles. The number of hydrogen-bond donors (Lipinski definition) is 1. The van der Waals surface area contributed by atoms with Gasteiger partial charge >= 0.3 is 0 Å². The van der Waals surface area contributed by atoms with Gasteiger partial charge in [-0.2, -0.15) is 0 Å². The summed E-state index contributed by atoms with van der Waals surface area (Å²) in [5.41, 5.74) is 2.71. The summed E-state index contributed by atoms with van der Waals surface area (Å²) in [4.78, 5) is 2.26. The van der Waals surface area contributed by atoms with Crippen LogP contribution in [0.4, 0.5) is 0 Å². The Bertz CT molecular complexity index is 682. The highest BCUT2D eigenvalue weighted by atomic mass is 35.5. The van der Waals surface area contributed by atoms with Gasteiger partial charge in [0.2, 0.25) is 0 Å². The topological polar surface area (TPSA) is 12.0 Å². The van der Waals surface area contributed by atoms with E-state index in [0.29, 0.717) is 10.0 Å². The largest absolute Gasteiger partial charge is 0.313 e. The molecule has 2 aromatic rings. The van der Waals surface area contributed by atoms with Crippen molar-refractivity contribution in [2.75, 3.05) is 13.1 Å². The zero-order chi connectivity index (χ0) is 14.7. The van der Waals surface area contributed by atoms with Crippen LogP contribution in [0, 0.1) is 0 Å². The van der Waals surface area contributed by atoms with E-state index >= 15 is 0 Å². The van der Waals surface area contributed by atoms with E-state index < -0.39 is 0 Å². The Morgan fingerprint density at radius 2 is 1.86 bits per heavy atom. The molecule has 1 N–H and O–H groups in total. The van der Waals surface area contributed by atoms with Gasteiger partial charge < -0.3 is 5.32 Å². The summed E-state index contributed by atoms with van der Waals surface area (Å²) >= 11 is 13.9. The van der Waals surface area contributed by atoms with Crippen molar-refractivity contribution in [2.24, 2.45) is 0 Å². The van der Waals surface area contributed by atoms with Crippen LogP contribution in [-0.4, -0.2) is 13.1 Å². The van der Waals surface area contributed by atoms with Crippen LogP contribution >= 0.6 is 35.0 Å². The zero-order valence-corrected chi connectivity index (χ0v) is 13.7. The maximum absolute atomic E-state index is 6.29. The summed E-state index contributed by atoms with van der Waals surface area (Å²) in [6.45, 7) is 1.97. The third-order valence-corrected chi connectivity index (χ3v) is 5.22. The zero-order valence-electron chi connectivity index (χ0n) is 11.4. The van der Waals surface area contributed by atoms with Crippen LogP contribution in [0.1, 0.15) is 12.0 Å². The maximum Gasteiger partial charge on any atom is 0.0560 e. The average Bonchev–Trinajstić information content (AvgIpc) is 2.51. The molecule has 0 bridgehead atoms. The van der Waals surface area contributed by atoms with E-state index in [-0.39, 0.29) is 0 Å². The second-order valence-corrected chi connectivity index (χ2v) is 6.78. The first-order valence-electron chi connectivity index (χ1n) is 6.86. The number of benzene rings is 2. The number of hydrogen-bond acceptors (Lipinski definition) is 2. The Balaban J connectivity index is 1.93. The molecular weight excluding hydrogens is 321 g/mol. The normalized spacial score (nSPS) is 14.9. The Labute approximate surface area is 139 Å². The lowest BCUT2D eigenvalue weighted by atomic mass is 10.0. The molecule has 1 aliphatic heterocycles. The van der Waals surface area contributed by atoms with E-state index in [1.165, 1.54) is 16.0 Å². The molecule has 1 heterocycles. The number of halogens is 2. The van der Waals surface area contributed by atoms with Gasteiger partial charge in [0, 0.05) is 21.4 Å². The molecule has 4 heteroatoms. The molecule has 0 saturated heterocycles. The van der Waals surface area contributed by atoms with Crippen molar-refractivity contribution in [3.63, 3.8) is 0 Å². The number of rotatable bonds is 3. The van der Waals surface area contributed by atoms with E-state index in [4.69, 9.17) is 23.2 Å². The second kappa shape index (κ2) is 6.89. The molecular formula is C17H15Cl2NS. The summed E-state index contributed by atoms with van der Waals surface area (Å²) in [6.07, 6.45) is 3.33. The SMILES string of the molecule is Clc1ccc(Sc2ccccc2C2=CCNCC2)c(Cl)c1. The fraction of sp³-hybridized carbons (Fsp3) is 0.176. The van der Waals surface area contributed by atoms with Gasteiger partial charge in [-0.3, -0.25) is 0 Å². The summed E-state index contributed by atoms with van der Waals surface area (Å²) in [7, 11) is 0. The van der Waals surface area contributed by atoms with Gasteiger partial charge in [0.25, 0.3) is 0 Å². The van der Waals surface area contributed by atoms with Crippen molar-refractivity contribution >= 4 is 40.5 Å². The predicted molar refractivity (Wildman–Crippen MR) is 92.5 cm³/mol. The van der Waals surface area contributed by atoms with Crippen molar-refractivity contribution in [1.82, 2.24) is 5.32 Å². The molecule has 0 spiro atoms. The highest BCUT2D eigenvalue weighted by molar-refractivity contribution is 7.99. The molecule has 0 fully saturated rings. The van der Waals surface area contributed by atoms with E-state index in [9.17, 15) is 0 Å². The lowest BCUT2D eigenvalue weighted by Crippen LogP contribution is -2.20. The Morgan fingerprint density at radius 1 is 1.00 bits per heavy atom. The minimum Gasteiger partial charge on any atom is -0.313 e. The van der Waals surface area contributed by atoms with Gasteiger partial charge in [-0.15, -0.1) is 0 Å². The minimum atomic E-state index is 0.665. The van der Waals surface area contributed by atoms with Crippen LogP contribution < -0.4 is 5.32 Å². The van der Waals surface area contributed by atoms with E-state index in [0.717, 1.165) is 24.4 Å². The molecule has 0 unspecified atom stereocenters. The third-order valence-electron chi connectivity index (χ3n) is 3.41. The van der Waals surface area contributed by atoms with Crippen molar-refractivity contribution < 1.29 is 0 Å². The summed E-state index contributed by atoms with van der Waals surface area (Å²) in [5.74, 6) is 0. The second-order valence-electron chi connectivity index (χ2n) is 4.86. The Hall–Kier alpha value is -0.930. The lowest BCUT2D eigenvalue weighted by Gasteiger charge is -2.17. The molecule has 1 aliphatic rings. The van der Waals surface area contributed by atoms with Crippen LogP contribution in [0.3, 0.4) is 0 Å².